The van der Waals surface area contributed by atoms with E-state index in [1.165, 1.54) is 45.0 Å². The van der Waals surface area contributed by atoms with Crippen LogP contribution in [0.3, 0.4) is 0 Å². The molecular weight excluding hydrogens is 566 g/mol. The molecule has 4 unspecified atom stereocenters. The van der Waals surface area contributed by atoms with Crippen LogP contribution in [-0.4, -0.2) is 75.7 Å². The number of ether oxygens (including phenoxy) is 2. The Morgan fingerprint density at radius 3 is 2.53 bits per heavy atom. The first-order chi connectivity index (χ1) is 22.1. The molecule has 4 heterocycles. The number of hydrogen-bond acceptors (Lipinski definition) is 8. The Kier molecular flexibility index (Phi) is 9.13. The Balaban J connectivity index is 1.09. The predicted octanol–water partition coefficient (Wildman–Crippen LogP) is 5.48. The zero-order valence-corrected chi connectivity index (χ0v) is 25.6. The number of likely N-dealkylation sites (tertiary alicyclic amines) is 2. The summed E-state index contributed by atoms with van der Waals surface area (Å²) < 4.78 is 13.3. The van der Waals surface area contributed by atoms with Gasteiger partial charge in [-0.25, -0.2) is 4.98 Å². The van der Waals surface area contributed by atoms with Crippen molar-refractivity contribution in [2.24, 2.45) is 0 Å². The Hall–Kier alpha value is -3.73. The molecule has 0 bridgehead atoms. The second kappa shape index (κ2) is 13.7. The summed E-state index contributed by atoms with van der Waals surface area (Å²) in [7, 11) is 0. The van der Waals surface area contributed by atoms with Crippen molar-refractivity contribution in [1.29, 1.82) is 0 Å². The van der Waals surface area contributed by atoms with Crippen molar-refractivity contribution in [3.8, 4) is 0 Å². The van der Waals surface area contributed by atoms with Gasteiger partial charge in [0.15, 0.2) is 6.29 Å². The highest BCUT2D eigenvalue weighted by atomic mass is 16.7. The van der Waals surface area contributed by atoms with Gasteiger partial charge in [0, 0.05) is 36.8 Å². The fourth-order valence-electron chi connectivity index (χ4n) is 6.92. The summed E-state index contributed by atoms with van der Waals surface area (Å²) in [6.07, 6.45) is 6.55. The van der Waals surface area contributed by atoms with Gasteiger partial charge in [-0.1, -0.05) is 48.5 Å². The molecule has 3 aromatic carbocycles. The summed E-state index contributed by atoms with van der Waals surface area (Å²) >= 11 is 0. The third-order valence-corrected chi connectivity index (χ3v) is 9.32. The summed E-state index contributed by atoms with van der Waals surface area (Å²) in [6, 6.07) is 23.7. The average molecular weight is 608 g/mol. The third-order valence-electron chi connectivity index (χ3n) is 9.32. The maximum atomic E-state index is 13.1. The lowest BCUT2D eigenvalue weighted by atomic mass is 9.99. The molecule has 3 fully saturated rings. The van der Waals surface area contributed by atoms with Gasteiger partial charge in [0.25, 0.3) is 5.91 Å². The molecule has 4 atom stereocenters. The van der Waals surface area contributed by atoms with Crippen molar-refractivity contribution in [2.75, 3.05) is 38.0 Å². The van der Waals surface area contributed by atoms with E-state index in [4.69, 9.17) is 9.47 Å². The van der Waals surface area contributed by atoms with E-state index in [1.54, 1.807) is 0 Å². The lowest BCUT2D eigenvalue weighted by Gasteiger charge is -2.39. The predicted molar refractivity (Wildman–Crippen MR) is 173 cm³/mol. The number of carbonyl (C=O) groups excluding carboxylic acids is 1. The first kappa shape index (κ1) is 30.0. The van der Waals surface area contributed by atoms with Crippen LogP contribution in [-0.2, 0) is 16.1 Å². The number of aliphatic hydroxyl groups is 1. The minimum absolute atomic E-state index is 0.0107. The second-order valence-electron chi connectivity index (χ2n) is 12.5. The second-order valence-corrected chi connectivity index (χ2v) is 12.5. The molecular formula is C36H41N5O4. The van der Waals surface area contributed by atoms with Gasteiger partial charge in [-0.3, -0.25) is 14.7 Å². The molecule has 9 heteroatoms. The van der Waals surface area contributed by atoms with E-state index in [0.29, 0.717) is 17.2 Å². The molecule has 45 heavy (non-hydrogen) atoms. The van der Waals surface area contributed by atoms with Crippen LogP contribution in [0.1, 0.15) is 71.7 Å². The van der Waals surface area contributed by atoms with Crippen LogP contribution in [0.4, 0.5) is 5.69 Å². The van der Waals surface area contributed by atoms with Crippen LogP contribution >= 0.6 is 0 Å². The van der Waals surface area contributed by atoms with Crippen LogP contribution in [0.2, 0.25) is 0 Å². The summed E-state index contributed by atoms with van der Waals surface area (Å²) in [5.74, 6) is -0.325. The molecule has 7 rings (SSSR count). The standard InChI is InChI=1S/C36H41N5O4/c42-24-25-12-14-26(15-13-25)34-20-30(23-41-18-6-9-29(41)22-40-16-3-4-17-40)44-36(45-34)27-7-5-8-28(19-27)38-35(43)33-21-37-31-10-1-2-11-32(31)39-33/h1-2,5,7-8,10-15,19,21,29-30,34,36,42H,3-4,6,9,16-18,20,22-24H2,(H,38,43). The fourth-order valence-corrected chi connectivity index (χ4v) is 6.92. The van der Waals surface area contributed by atoms with Gasteiger partial charge < -0.3 is 24.8 Å². The average Bonchev–Trinajstić information content (AvgIpc) is 3.77. The molecule has 1 amide bonds. The number of benzene rings is 3. The molecule has 0 aliphatic carbocycles. The van der Waals surface area contributed by atoms with E-state index in [9.17, 15) is 9.90 Å². The maximum Gasteiger partial charge on any atom is 0.275 e. The maximum absolute atomic E-state index is 13.1. The molecule has 0 saturated carbocycles. The molecule has 3 saturated heterocycles. The zero-order chi connectivity index (χ0) is 30.6. The highest BCUT2D eigenvalue weighted by Crippen LogP contribution is 2.39. The molecule has 3 aliphatic heterocycles. The van der Waals surface area contributed by atoms with Gasteiger partial charge in [-0.05, 0) is 80.7 Å². The number of para-hydroxylation sites is 2. The van der Waals surface area contributed by atoms with E-state index in [2.05, 4.69) is 25.1 Å². The number of hydrogen-bond donors (Lipinski definition) is 2. The summed E-state index contributed by atoms with van der Waals surface area (Å²) in [5, 5.41) is 12.5. The SMILES string of the molecule is O=C(Nc1cccc(C2OC(CN3CCCC3CN3CCCC3)CC(c3ccc(CO)cc3)O2)c1)c1cnc2ccccc2n1. The summed E-state index contributed by atoms with van der Waals surface area (Å²) in [6.45, 7) is 5.54. The fraction of sp³-hybridized carbons (Fsp3) is 0.417. The summed E-state index contributed by atoms with van der Waals surface area (Å²) in [5.41, 5.74) is 5.09. The van der Waals surface area contributed by atoms with Crippen molar-refractivity contribution in [3.05, 3.63) is 101 Å². The lowest BCUT2D eigenvalue weighted by molar-refractivity contribution is -0.253. The summed E-state index contributed by atoms with van der Waals surface area (Å²) in [4.78, 5) is 27.2. The lowest BCUT2D eigenvalue weighted by Crippen LogP contribution is -2.45. The number of nitrogens with zero attached hydrogens (tertiary/aromatic N) is 4. The van der Waals surface area contributed by atoms with Gasteiger partial charge in [0.1, 0.15) is 5.69 Å². The molecule has 4 aromatic rings. The number of anilines is 1. The first-order valence-corrected chi connectivity index (χ1v) is 16.2. The quantitative estimate of drug-likeness (QED) is 0.258. The number of amides is 1. The van der Waals surface area contributed by atoms with Crippen molar-refractivity contribution in [2.45, 2.75) is 63.3 Å². The number of rotatable bonds is 9. The number of carbonyl (C=O) groups is 1. The Morgan fingerprint density at radius 2 is 1.71 bits per heavy atom. The van der Waals surface area contributed by atoms with Crippen molar-refractivity contribution in [1.82, 2.24) is 19.8 Å². The van der Waals surface area contributed by atoms with Gasteiger partial charge in [0.05, 0.1) is 36.0 Å². The van der Waals surface area contributed by atoms with Crippen molar-refractivity contribution >= 4 is 22.6 Å². The zero-order valence-electron chi connectivity index (χ0n) is 25.6. The molecule has 0 spiro atoms. The van der Waals surface area contributed by atoms with Gasteiger partial charge in [0.2, 0.25) is 0 Å². The van der Waals surface area contributed by atoms with Crippen molar-refractivity contribution in [3.63, 3.8) is 0 Å². The monoisotopic (exact) mass is 607 g/mol. The highest BCUT2D eigenvalue weighted by molar-refractivity contribution is 6.03. The van der Waals surface area contributed by atoms with E-state index < -0.39 is 6.29 Å². The van der Waals surface area contributed by atoms with Crippen LogP contribution in [0.5, 0.6) is 0 Å². The molecule has 234 valence electrons. The Bertz CT molecular complexity index is 1610. The Morgan fingerprint density at radius 1 is 0.889 bits per heavy atom. The minimum atomic E-state index is -0.594. The normalized spacial score (nSPS) is 24.3. The smallest absolute Gasteiger partial charge is 0.275 e. The van der Waals surface area contributed by atoms with Gasteiger partial charge >= 0.3 is 0 Å². The number of aromatic nitrogens is 2. The highest BCUT2D eigenvalue weighted by Gasteiger charge is 2.36. The van der Waals surface area contributed by atoms with E-state index in [1.807, 2.05) is 72.8 Å². The minimum Gasteiger partial charge on any atom is -0.392 e. The first-order valence-electron chi connectivity index (χ1n) is 16.2. The van der Waals surface area contributed by atoms with Gasteiger partial charge in [-0.15, -0.1) is 0 Å². The number of fused-ring (bicyclic) bond motifs is 1. The topological polar surface area (TPSA) is 100 Å². The molecule has 0 radical (unpaired) electrons. The van der Waals surface area contributed by atoms with E-state index >= 15 is 0 Å². The van der Waals surface area contributed by atoms with E-state index in [0.717, 1.165) is 48.3 Å². The molecule has 2 N–H and O–H groups in total. The van der Waals surface area contributed by atoms with Crippen LogP contribution in [0, 0.1) is 0 Å². The third kappa shape index (κ3) is 7.08. The largest absolute Gasteiger partial charge is 0.392 e. The van der Waals surface area contributed by atoms with Crippen LogP contribution in [0.15, 0.2) is 79.0 Å². The van der Waals surface area contributed by atoms with E-state index in [-0.39, 0.29) is 30.4 Å². The Labute approximate surface area is 264 Å². The number of nitrogens with one attached hydrogen (secondary N) is 1. The van der Waals surface area contributed by atoms with Crippen molar-refractivity contribution < 1.29 is 19.4 Å². The van der Waals surface area contributed by atoms with Crippen LogP contribution < -0.4 is 5.32 Å². The molecule has 9 nitrogen and oxygen atoms in total. The molecule has 1 aromatic heterocycles. The van der Waals surface area contributed by atoms with Gasteiger partial charge in [-0.2, -0.15) is 0 Å². The van der Waals surface area contributed by atoms with Crippen LogP contribution in [0.25, 0.3) is 11.0 Å². The number of aliphatic hydroxyl groups excluding tert-OH is 1. The molecule has 3 aliphatic rings.